The zero-order valence-corrected chi connectivity index (χ0v) is 14.3. The Morgan fingerprint density at radius 2 is 1.83 bits per heavy atom. The number of ether oxygens (including phenoxy) is 1. The third kappa shape index (κ3) is 12.1. The topological polar surface area (TPSA) is 128 Å². The maximum atomic E-state index is 11.7. The number of aliphatic hydroxyl groups is 1. The Kier molecular flexibility index (Phi) is 11.0. The van der Waals surface area contributed by atoms with Crippen molar-refractivity contribution in [2.45, 2.75) is 6.92 Å². The summed E-state index contributed by atoms with van der Waals surface area (Å²) >= 11 is 5.89. The summed E-state index contributed by atoms with van der Waals surface area (Å²) in [7, 11) is -4.64. The van der Waals surface area contributed by atoms with Gasteiger partial charge in [-0.1, -0.05) is 30.7 Å². The van der Waals surface area contributed by atoms with Crippen molar-refractivity contribution in [3.63, 3.8) is 0 Å². The fourth-order valence-corrected chi connectivity index (χ4v) is 1.75. The molecule has 0 radical (unpaired) electrons. The molecule has 0 aliphatic rings. The van der Waals surface area contributed by atoms with Gasteiger partial charge in [0, 0.05) is 13.1 Å². The Hall–Kier alpha value is -0.990. The molecule has 23 heavy (non-hydrogen) atoms. The van der Waals surface area contributed by atoms with Crippen LogP contribution in [0.2, 0.25) is 5.02 Å². The Morgan fingerprint density at radius 3 is 2.30 bits per heavy atom. The molecule has 10 heteroatoms. The summed E-state index contributed by atoms with van der Waals surface area (Å²) in [4.78, 5) is 35.3. The monoisotopic (exact) mass is 369 g/mol. The number of hydrogen-bond acceptors (Lipinski definition) is 5. The molecule has 0 bridgehead atoms. The van der Waals surface area contributed by atoms with Crippen LogP contribution in [-0.4, -0.2) is 63.5 Å². The van der Waals surface area contributed by atoms with E-state index in [-0.39, 0.29) is 13.2 Å². The molecule has 1 rings (SSSR count). The molecule has 0 aromatic heterocycles. The van der Waals surface area contributed by atoms with Gasteiger partial charge < -0.3 is 24.5 Å². The fraction of sp³-hybridized carbons (Fsp3) is 0.462. The zero-order chi connectivity index (χ0) is 17.9. The van der Waals surface area contributed by atoms with Crippen molar-refractivity contribution < 1.29 is 33.9 Å². The number of nitrogens with zero attached hydrogens (tertiary/aromatic N) is 1. The van der Waals surface area contributed by atoms with Crippen molar-refractivity contribution in [1.29, 1.82) is 0 Å². The van der Waals surface area contributed by atoms with Gasteiger partial charge in [0.05, 0.1) is 17.2 Å². The lowest BCUT2D eigenvalue weighted by atomic mass is 10.2. The Bertz CT molecular complexity index is 515. The van der Waals surface area contributed by atoms with E-state index in [0.717, 1.165) is 6.54 Å². The molecule has 0 saturated carbocycles. The van der Waals surface area contributed by atoms with Gasteiger partial charge in [0.15, 0.2) is 0 Å². The lowest BCUT2D eigenvalue weighted by molar-refractivity contribution is 0.0456. The van der Waals surface area contributed by atoms with E-state index in [1.54, 1.807) is 24.3 Å². The van der Waals surface area contributed by atoms with E-state index in [0.29, 0.717) is 23.7 Å². The largest absolute Gasteiger partial charge is 0.466 e. The zero-order valence-electron chi connectivity index (χ0n) is 12.6. The van der Waals surface area contributed by atoms with Crippen LogP contribution in [0, 0.1) is 0 Å². The molecule has 0 spiro atoms. The van der Waals surface area contributed by atoms with E-state index in [9.17, 15) is 4.79 Å². The van der Waals surface area contributed by atoms with Crippen LogP contribution < -0.4 is 0 Å². The first-order valence-electron chi connectivity index (χ1n) is 6.72. The predicted molar refractivity (Wildman–Crippen MR) is 85.2 cm³/mol. The molecule has 8 nitrogen and oxygen atoms in total. The minimum atomic E-state index is -4.64. The van der Waals surface area contributed by atoms with E-state index >= 15 is 0 Å². The minimum Gasteiger partial charge on any atom is -0.461 e. The Balaban J connectivity index is 0.000000841. The highest BCUT2D eigenvalue weighted by Crippen LogP contribution is 2.25. The van der Waals surface area contributed by atoms with Crippen molar-refractivity contribution >= 4 is 25.4 Å². The second-order valence-electron chi connectivity index (χ2n) is 4.29. The molecule has 0 saturated heterocycles. The molecule has 0 aliphatic heterocycles. The Labute approximate surface area is 139 Å². The van der Waals surface area contributed by atoms with Crippen molar-refractivity contribution in [3.05, 3.63) is 34.9 Å². The molecule has 0 unspecified atom stereocenters. The first-order chi connectivity index (χ1) is 10.7. The minimum absolute atomic E-state index is 0.103. The second-order valence-corrected chi connectivity index (χ2v) is 5.72. The highest BCUT2D eigenvalue weighted by atomic mass is 35.5. The number of hydrogen-bond donors (Lipinski definition) is 4. The van der Waals surface area contributed by atoms with Crippen molar-refractivity contribution in [2.75, 3.05) is 32.8 Å². The third-order valence-corrected chi connectivity index (χ3v) is 2.93. The summed E-state index contributed by atoms with van der Waals surface area (Å²) in [5.41, 5.74) is 0.379. The van der Waals surface area contributed by atoms with Crippen LogP contribution in [-0.2, 0) is 9.30 Å². The van der Waals surface area contributed by atoms with E-state index in [1.807, 2.05) is 11.8 Å². The van der Waals surface area contributed by atoms with Crippen LogP contribution in [0.3, 0.4) is 0 Å². The number of halogens is 1. The van der Waals surface area contributed by atoms with E-state index in [1.165, 1.54) is 0 Å². The Morgan fingerprint density at radius 1 is 1.26 bits per heavy atom. The first-order valence-corrected chi connectivity index (χ1v) is 8.66. The standard InChI is InChI=1S/C13H18ClNO3.H3O4P/c1-2-15(7-9-16)8-10-18-13(17)11-5-3-4-6-12(11)14;1-5(2,3)4/h3-6,16H,2,7-10H2,1H3;(H3,1,2,3,4). The van der Waals surface area contributed by atoms with Crippen molar-refractivity contribution in [1.82, 2.24) is 4.90 Å². The molecule has 0 fully saturated rings. The van der Waals surface area contributed by atoms with Gasteiger partial charge in [-0.2, -0.15) is 0 Å². The summed E-state index contributed by atoms with van der Waals surface area (Å²) in [6, 6.07) is 6.80. The fourth-order valence-electron chi connectivity index (χ4n) is 1.54. The van der Waals surface area contributed by atoms with Gasteiger partial charge in [0.2, 0.25) is 0 Å². The number of aliphatic hydroxyl groups excluding tert-OH is 1. The van der Waals surface area contributed by atoms with Crippen molar-refractivity contribution in [3.8, 4) is 0 Å². The molecular formula is C13H21ClNO7P. The number of esters is 1. The van der Waals surface area contributed by atoms with Gasteiger partial charge >= 0.3 is 13.8 Å². The summed E-state index contributed by atoms with van der Waals surface area (Å²) in [5, 5.41) is 9.22. The van der Waals surface area contributed by atoms with Gasteiger partial charge in [0.25, 0.3) is 0 Å². The van der Waals surface area contributed by atoms with Crippen LogP contribution >= 0.6 is 19.4 Å². The summed E-state index contributed by atoms with van der Waals surface area (Å²) < 4.78 is 14.0. The summed E-state index contributed by atoms with van der Waals surface area (Å²) in [5.74, 6) is -0.416. The summed E-state index contributed by atoms with van der Waals surface area (Å²) in [6.45, 7) is 4.38. The maximum absolute atomic E-state index is 11.7. The quantitative estimate of drug-likeness (QED) is 0.412. The van der Waals surface area contributed by atoms with Gasteiger partial charge in [-0.3, -0.25) is 4.90 Å². The number of carbonyl (C=O) groups excluding carboxylic acids is 1. The molecule has 1 aromatic rings. The number of benzene rings is 1. The molecule has 0 amide bonds. The van der Waals surface area contributed by atoms with Crippen LogP contribution in [0.25, 0.3) is 0 Å². The normalized spacial score (nSPS) is 10.9. The van der Waals surface area contributed by atoms with Crippen LogP contribution in [0.4, 0.5) is 0 Å². The van der Waals surface area contributed by atoms with Crippen LogP contribution in [0.15, 0.2) is 24.3 Å². The lowest BCUT2D eigenvalue weighted by Gasteiger charge is -2.18. The highest BCUT2D eigenvalue weighted by molar-refractivity contribution is 7.45. The van der Waals surface area contributed by atoms with Gasteiger partial charge in [-0.05, 0) is 18.7 Å². The molecular weight excluding hydrogens is 349 g/mol. The van der Waals surface area contributed by atoms with Crippen molar-refractivity contribution in [2.24, 2.45) is 0 Å². The van der Waals surface area contributed by atoms with E-state index in [4.69, 9.17) is 40.7 Å². The van der Waals surface area contributed by atoms with Crippen LogP contribution in [0.1, 0.15) is 17.3 Å². The average Bonchev–Trinajstić information content (AvgIpc) is 2.45. The maximum Gasteiger partial charge on any atom is 0.466 e. The highest BCUT2D eigenvalue weighted by Gasteiger charge is 2.11. The molecule has 0 aliphatic carbocycles. The molecule has 1 aromatic carbocycles. The summed E-state index contributed by atoms with van der Waals surface area (Å²) in [6.07, 6.45) is 0. The number of rotatable bonds is 7. The lowest BCUT2D eigenvalue weighted by Crippen LogP contribution is -2.30. The number of carbonyl (C=O) groups is 1. The molecule has 0 heterocycles. The molecule has 0 atom stereocenters. The van der Waals surface area contributed by atoms with E-state index < -0.39 is 13.8 Å². The first kappa shape index (κ1) is 22.0. The third-order valence-electron chi connectivity index (χ3n) is 2.60. The van der Waals surface area contributed by atoms with E-state index in [2.05, 4.69) is 0 Å². The average molecular weight is 370 g/mol. The molecule has 4 N–H and O–H groups in total. The number of likely N-dealkylation sites (N-methyl/N-ethyl adjacent to an activating group) is 1. The second kappa shape index (κ2) is 11.5. The van der Waals surface area contributed by atoms with Gasteiger partial charge in [0.1, 0.15) is 6.61 Å². The van der Waals surface area contributed by atoms with Gasteiger partial charge in [-0.25, -0.2) is 9.36 Å². The number of phosphoric acid groups is 1. The SMILES string of the molecule is CCN(CCO)CCOC(=O)c1ccccc1Cl.O=P(O)(O)O. The smallest absolute Gasteiger partial charge is 0.461 e. The van der Waals surface area contributed by atoms with Gasteiger partial charge in [-0.15, -0.1) is 0 Å². The van der Waals surface area contributed by atoms with Crippen LogP contribution in [0.5, 0.6) is 0 Å². The predicted octanol–water partition coefficient (Wildman–Crippen LogP) is 0.882. The molecule has 132 valence electrons.